The van der Waals surface area contributed by atoms with E-state index in [-0.39, 0.29) is 0 Å². The van der Waals surface area contributed by atoms with Crippen molar-refractivity contribution in [3.8, 4) is 6.57 Å². The maximum Gasteiger partial charge on any atom is 0.491 e. The molecule has 1 saturated heterocycles. The number of guanidine groups is 1. The van der Waals surface area contributed by atoms with Gasteiger partial charge in [-0.3, -0.25) is 4.90 Å². The second kappa shape index (κ2) is 7.96. The molecule has 0 bridgehead atoms. The quantitative estimate of drug-likeness (QED) is 0.590. The fraction of sp³-hybridized carbons (Fsp3) is 0.389. The summed E-state index contributed by atoms with van der Waals surface area (Å²) in [6.45, 7) is 13.0. The van der Waals surface area contributed by atoms with Crippen LogP contribution in [0.1, 0.15) is 25.5 Å². The van der Waals surface area contributed by atoms with Gasteiger partial charge in [0.2, 0.25) is 0 Å². The molecule has 0 spiro atoms. The normalized spacial score (nSPS) is 18.4. The molecular formula is C18H21ClN5S+. The second-order valence-corrected chi connectivity index (χ2v) is 7.54. The standard InChI is InChI=1S/C18H21ClN5S/c1-13(19)11-21-18(20-3)24-8-6-23(7-9-24)14(2)15-4-5-17-16(10-15)22-12-25-17/h3-5,10-12,14H,6-9H2,1-2H3/q+1/b13-11+,21-18?/t14-/m0/s1. The smallest absolute Gasteiger partial charge is 0.290 e. The minimum absolute atomic E-state index is 0.341. The van der Waals surface area contributed by atoms with Gasteiger partial charge in [0.25, 0.3) is 0 Å². The summed E-state index contributed by atoms with van der Waals surface area (Å²) in [7, 11) is 0. The summed E-state index contributed by atoms with van der Waals surface area (Å²) in [4.78, 5) is 17.0. The van der Waals surface area contributed by atoms with Crippen molar-refractivity contribution in [3.05, 3.63) is 45.4 Å². The van der Waals surface area contributed by atoms with Gasteiger partial charge in [0.1, 0.15) is 6.20 Å². The molecule has 1 fully saturated rings. The van der Waals surface area contributed by atoms with Crippen LogP contribution in [0.25, 0.3) is 15.1 Å². The van der Waals surface area contributed by atoms with Gasteiger partial charge >= 0.3 is 5.96 Å². The average Bonchev–Trinajstić information content (AvgIpc) is 3.09. The lowest BCUT2D eigenvalue weighted by Crippen LogP contribution is -2.48. The average molecular weight is 375 g/mol. The number of thiazole rings is 1. The summed E-state index contributed by atoms with van der Waals surface area (Å²) in [6, 6.07) is 6.90. The Hall–Kier alpha value is -1.94. The largest absolute Gasteiger partial charge is 0.491 e. The van der Waals surface area contributed by atoms with Gasteiger partial charge < -0.3 is 0 Å². The molecule has 0 radical (unpaired) electrons. The minimum atomic E-state index is 0.341. The monoisotopic (exact) mass is 374 g/mol. The van der Waals surface area contributed by atoms with Crippen molar-refractivity contribution in [2.24, 2.45) is 4.99 Å². The van der Waals surface area contributed by atoms with Crippen LogP contribution in [0.3, 0.4) is 0 Å². The molecule has 0 amide bonds. The van der Waals surface area contributed by atoms with Crippen LogP contribution >= 0.6 is 22.9 Å². The van der Waals surface area contributed by atoms with Crippen LogP contribution < -0.4 is 0 Å². The van der Waals surface area contributed by atoms with Crippen molar-refractivity contribution < 1.29 is 0 Å². The zero-order valence-electron chi connectivity index (χ0n) is 14.4. The fourth-order valence-electron chi connectivity index (χ4n) is 3.00. The maximum atomic E-state index is 5.82. The first-order chi connectivity index (χ1) is 12.1. The van der Waals surface area contributed by atoms with E-state index in [0.29, 0.717) is 17.0 Å². The number of benzene rings is 1. The zero-order chi connectivity index (χ0) is 17.8. The molecule has 2 heterocycles. The molecule has 0 saturated carbocycles. The Kier molecular flexibility index (Phi) is 5.69. The molecule has 0 aliphatic carbocycles. The lowest BCUT2D eigenvalue weighted by molar-refractivity contribution is 0.141. The van der Waals surface area contributed by atoms with Crippen LogP contribution in [0, 0.1) is 6.57 Å². The summed E-state index contributed by atoms with van der Waals surface area (Å²) < 4.78 is 1.23. The number of aliphatic imine (C=N–C) groups is 1. The van der Waals surface area contributed by atoms with Gasteiger partial charge in [0, 0.05) is 19.1 Å². The third-order valence-corrected chi connectivity index (χ3v) is 5.36. The van der Waals surface area contributed by atoms with Gasteiger partial charge in [-0.2, -0.15) is 4.85 Å². The highest BCUT2D eigenvalue weighted by Crippen LogP contribution is 2.26. The summed E-state index contributed by atoms with van der Waals surface area (Å²) >= 11 is 7.50. The third-order valence-electron chi connectivity index (χ3n) is 4.46. The van der Waals surface area contributed by atoms with Gasteiger partial charge in [-0.05, 0) is 31.5 Å². The first-order valence-electron chi connectivity index (χ1n) is 8.21. The summed E-state index contributed by atoms with van der Waals surface area (Å²) in [6.07, 6.45) is 1.57. The molecule has 1 atom stereocenters. The van der Waals surface area contributed by atoms with Crippen molar-refractivity contribution >= 4 is 39.1 Å². The SMILES string of the molecule is C#[N+]C(=N/C=C(\C)Cl)N1CCN([C@@H](C)c2ccc3scnc3c2)CC1. The first kappa shape index (κ1) is 17.9. The van der Waals surface area contributed by atoms with Gasteiger partial charge in [-0.25, -0.2) is 9.88 Å². The molecule has 25 heavy (non-hydrogen) atoms. The van der Waals surface area contributed by atoms with E-state index in [4.69, 9.17) is 18.2 Å². The highest BCUT2D eigenvalue weighted by atomic mass is 35.5. The van der Waals surface area contributed by atoms with Gasteiger partial charge in [0.15, 0.2) is 0 Å². The molecule has 1 aromatic heterocycles. The highest BCUT2D eigenvalue weighted by molar-refractivity contribution is 7.16. The van der Waals surface area contributed by atoms with E-state index in [9.17, 15) is 0 Å². The van der Waals surface area contributed by atoms with Crippen molar-refractivity contribution in [1.29, 1.82) is 0 Å². The number of halogens is 1. The van der Waals surface area contributed by atoms with E-state index in [2.05, 4.69) is 49.7 Å². The van der Waals surface area contributed by atoms with Crippen molar-refractivity contribution in [1.82, 2.24) is 14.8 Å². The molecule has 3 rings (SSSR count). The number of nitrogens with zero attached hydrogens (tertiary/aromatic N) is 5. The Bertz CT molecular complexity index is 839. The highest BCUT2D eigenvalue weighted by Gasteiger charge is 2.29. The fourth-order valence-corrected chi connectivity index (χ4v) is 3.71. The van der Waals surface area contributed by atoms with Crippen LogP contribution in [0.4, 0.5) is 0 Å². The van der Waals surface area contributed by atoms with E-state index >= 15 is 0 Å². The predicted molar refractivity (Wildman–Crippen MR) is 107 cm³/mol. The maximum absolute atomic E-state index is 5.82. The zero-order valence-corrected chi connectivity index (χ0v) is 16.0. The molecule has 1 aliphatic rings. The van der Waals surface area contributed by atoms with E-state index < -0.39 is 0 Å². The van der Waals surface area contributed by atoms with Crippen molar-refractivity contribution in [3.63, 3.8) is 0 Å². The first-order valence-corrected chi connectivity index (χ1v) is 9.47. The third kappa shape index (κ3) is 4.18. The molecule has 130 valence electrons. The minimum Gasteiger partial charge on any atom is -0.290 e. The van der Waals surface area contributed by atoms with Crippen molar-refractivity contribution in [2.75, 3.05) is 26.2 Å². The summed E-state index contributed by atoms with van der Waals surface area (Å²) in [5.74, 6) is 0.524. The number of piperazine rings is 1. The lowest BCUT2D eigenvalue weighted by atomic mass is 10.1. The number of allylic oxidation sites excluding steroid dienone is 1. The van der Waals surface area contributed by atoms with Crippen LogP contribution in [0.2, 0.25) is 0 Å². The molecule has 1 aliphatic heterocycles. The lowest BCUT2D eigenvalue weighted by Gasteiger charge is -2.35. The van der Waals surface area contributed by atoms with Gasteiger partial charge in [-0.15, -0.1) is 11.3 Å². The van der Waals surface area contributed by atoms with Crippen LogP contribution in [0.15, 0.2) is 39.9 Å². The Labute approximate surface area is 157 Å². The number of aromatic nitrogens is 1. The van der Waals surface area contributed by atoms with Crippen LogP contribution in [-0.4, -0.2) is 46.9 Å². The molecule has 2 aromatic rings. The molecule has 0 unspecified atom stereocenters. The van der Waals surface area contributed by atoms with Gasteiger partial charge in [-0.1, -0.05) is 22.7 Å². The van der Waals surface area contributed by atoms with Crippen LogP contribution in [0.5, 0.6) is 0 Å². The number of fused-ring (bicyclic) bond motifs is 1. The Balaban J connectivity index is 1.66. The Morgan fingerprint density at radius 3 is 2.84 bits per heavy atom. The second-order valence-electron chi connectivity index (χ2n) is 6.05. The van der Waals surface area contributed by atoms with Gasteiger partial charge in [0.05, 0.1) is 40.4 Å². The van der Waals surface area contributed by atoms with Crippen LogP contribution in [-0.2, 0) is 0 Å². The van der Waals surface area contributed by atoms with E-state index in [0.717, 1.165) is 31.7 Å². The summed E-state index contributed by atoms with van der Waals surface area (Å²) in [5, 5.41) is 0.603. The van der Waals surface area contributed by atoms with E-state index in [1.165, 1.54) is 10.3 Å². The molecule has 1 aromatic carbocycles. The molecule has 5 nitrogen and oxygen atoms in total. The van der Waals surface area contributed by atoms with E-state index in [1.807, 2.05) is 5.51 Å². The van der Waals surface area contributed by atoms with E-state index in [1.54, 1.807) is 24.5 Å². The Morgan fingerprint density at radius 1 is 1.40 bits per heavy atom. The predicted octanol–water partition coefficient (Wildman–Crippen LogP) is 4.39. The molecule has 7 heteroatoms. The topological polar surface area (TPSA) is 36.1 Å². The molecule has 0 N–H and O–H groups in total. The summed E-state index contributed by atoms with van der Waals surface area (Å²) in [5.41, 5.74) is 4.27. The number of hydrogen-bond acceptors (Lipinski definition) is 4. The van der Waals surface area contributed by atoms with Crippen molar-refractivity contribution in [2.45, 2.75) is 19.9 Å². The molecular weight excluding hydrogens is 354 g/mol. The Morgan fingerprint density at radius 2 is 2.16 bits per heavy atom. The number of rotatable bonds is 3. The number of hydrogen-bond donors (Lipinski definition) is 0.